The topological polar surface area (TPSA) is 88.3 Å². The van der Waals surface area contributed by atoms with Crippen molar-refractivity contribution in [3.05, 3.63) is 48.6 Å². The van der Waals surface area contributed by atoms with Crippen molar-refractivity contribution in [2.45, 2.75) is 46.2 Å². The predicted octanol–water partition coefficient (Wildman–Crippen LogP) is 3.44. The van der Waals surface area contributed by atoms with Crippen molar-refractivity contribution >= 4 is 11.8 Å². The molecule has 1 aliphatic rings. The highest BCUT2D eigenvalue weighted by molar-refractivity contribution is 5.96. The molecule has 8 heteroatoms. The largest absolute Gasteiger partial charge is 0.350 e. The van der Waals surface area contributed by atoms with Gasteiger partial charge in [-0.2, -0.15) is 4.98 Å². The number of carbonyl (C=O) groups is 2. The summed E-state index contributed by atoms with van der Waals surface area (Å²) in [5.74, 6) is -0.741. The number of nitrogens with zero attached hydrogens (tertiary/aromatic N) is 3. The van der Waals surface area contributed by atoms with Crippen LogP contribution in [0.1, 0.15) is 44.7 Å². The van der Waals surface area contributed by atoms with E-state index in [0.29, 0.717) is 18.5 Å². The zero-order chi connectivity index (χ0) is 21.6. The SMILES string of the molecule is C=CC.CC(C)CC1C(=O)NC(C)CN1C(=O)c1noc(-c2ccc(F)cc2)n1. The highest BCUT2D eigenvalue weighted by Gasteiger charge is 2.38. The van der Waals surface area contributed by atoms with Crippen molar-refractivity contribution < 1.29 is 18.5 Å². The lowest BCUT2D eigenvalue weighted by Gasteiger charge is -2.38. The summed E-state index contributed by atoms with van der Waals surface area (Å²) in [6.45, 7) is 11.5. The van der Waals surface area contributed by atoms with Gasteiger partial charge in [0.1, 0.15) is 11.9 Å². The fourth-order valence-corrected chi connectivity index (χ4v) is 3.00. The molecule has 0 spiro atoms. The van der Waals surface area contributed by atoms with E-state index in [9.17, 15) is 14.0 Å². The molecule has 2 aromatic rings. The number of aromatic nitrogens is 2. The Morgan fingerprint density at radius 3 is 2.62 bits per heavy atom. The molecule has 2 amide bonds. The molecule has 156 valence electrons. The minimum atomic E-state index is -0.563. The Morgan fingerprint density at radius 1 is 1.41 bits per heavy atom. The zero-order valence-corrected chi connectivity index (χ0v) is 17.2. The first-order valence-electron chi connectivity index (χ1n) is 9.54. The van der Waals surface area contributed by atoms with E-state index >= 15 is 0 Å². The van der Waals surface area contributed by atoms with Gasteiger partial charge in [0.2, 0.25) is 5.91 Å². The van der Waals surface area contributed by atoms with Gasteiger partial charge in [0.05, 0.1) is 0 Å². The Morgan fingerprint density at radius 2 is 2.03 bits per heavy atom. The molecule has 1 N–H and O–H groups in total. The van der Waals surface area contributed by atoms with Crippen LogP contribution in [-0.4, -0.2) is 45.5 Å². The molecule has 1 fully saturated rings. The van der Waals surface area contributed by atoms with Crippen LogP contribution in [0.4, 0.5) is 4.39 Å². The first kappa shape index (κ1) is 22.3. The van der Waals surface area contributed by atoms with Crippen molar-refractivity contribution in [3.8, 4) is 11.5 Å². The first-order valence-corrected chi connectivity index (χ1v) is 9.54. The molecule has 29 heavy (non-hydrogen) atoms. The van der Waals surface area contributed by atoms with E-state index in [4.69, 9.17) is 4.52 Å². The smallest absolute Gasteiger partial charge is 0.296 e. The lowest BCUT2D eigenvalue weighted by Crippen LogP contribution is -2.61. The van der Waals surface area contributed by atoms with Crippen molar-refractivity contribution in [2.24, 2.45) is 5.92 Å². The van der Waals surface area contributed by atoms with Gasteiger partial charge in [0.25, 0.3) is 17.6 Å². The second-order valence-electron chi connectivity index (χ2n) is 7.35. The highest BCUT2D eigenvalue weighted by atomic mass is 19.1. The van der Waals surface area contributed by atoms with Gasteiger partial charge in [-0.15, -0.1) is 6.58 Å². The van der Waals surface area contributed by atoms with E-state index in [2.05, 4.69) is 22.0 Å². The molecule has 1 aromatic carbocycles. The Labute approximate surface area is 170 Å². The van der Waals surface area contributed by atoms with Crippen molar-refractivity contribution in [1.29, 1.82) is 0 Å². The summed E-state index contributed by atoms with van der Waals surface area (Å²) in [5.41, 5.74) is 0.515. The summed E-state index contributed by atoms with van der Waals surface area (Å²) in [5, 5.41) is 6.63. The van der Waals surface area contributed by atoms with Gasteiger partial charge in [-0.05, 0) is 50.5 Å². The number of benzene rings is 1. The summed E-state index contributed by atoms with van der Waals surface area (Å²) >= 11 is 0. The molecular weight excluding hydrogens is 375 g/mol. The number of hydrogen-bond donors (Lipinski definition) is 1. The summed E-state index contributed by atoms with van der Waals surface area (Å²) in [6, 6.07) is 4.82. The maximum atomic E-state index is 13.0. The van der Waals surface area contributed by atoms with Crippen LogP contribution in [0.25, 0.3) is 11.5 Å². The molecule has 0 aliphatic carbocycles. The Bertz CT molecular complexity index is 848. The fraction of sp³-hybridized carbons (Fsp3) is 0.429. The number of allylic oxidation sites excluding steroid dienone is 1. The molecule has 0 radical (unpaired) electrons. The van der Waals surface area contributed by atoms with Crippen LogP contribution in [0.3, 0.4) is 0 Å². The normalized spacial score (nSPS) is 18.7. The molecule has 0 bridgehead atoms. The number of hydrogen-bond acceptors (Lipinski definition) is 5. The molecule has 1 aromatic heterocycles. The fourth-order valence-electron chi connectivity index (χ4n) is 3.00. The van der Waals surface area contributed by atoms with Gasteiger partial charge in [-0.1, -0.05) is 25.1 Å². The predicted molar refractivity (Wildman–Crippen MR) is 107 cm³/mol. The van der Waals surface area contributed by atoms with E-state index in [-0.39, 0.29) is 35.4 Å². The Hall–Kier alpha value is -3.03. The highest BCUT2D eigenvalue weighted by Crippen LogP contribution is 2.21. The lowest BCUT2D eigenvalue weighted by atomic mass is 9.98. The molecule has 3 rings (SSSR count). The molecule has 1 saturated heterocycles. The van der Waals surface area contributed by atoms with E-state index < -0.39 is 11.9 Å². The average Bonchev–Trinajstić information content (AvgIpc) is 3.14. The minimum Gasteiger partial charge on any atom is -0.350 e. The number of amides is 2. The quantitative estimate of drug-likeness (QED) is 0.792. The maximum Gasteiger partial charge on any atom is 0.296 e. The van der Waals surface area contributed by atoms with E-state index in [1.807, 2.05) is 27.7 Å². The van der Waals surface area contributed by atoms with Crippen LogP contribution >= 0.6 is 0 Å². The maximum absolute atomic E-state index is 13.0. The van der Waals surface area contributed by atoms with Gasteiger partial charge in [0.15, 0.2) is 0 Å². The average molecular weight is 402 g/mol. The van der Waals surface area contributed by atoms with Crippen LogP contribution in [0.5, 0.6) is 0 Å². The Balaban J connectivity index is 0.000000941. The molecular formula is C21H27FN4O3. The lowest BCUT2D eigenvalue weighted by molar-refractivity contribution is -0.129. The molecule has 2 atom stereocenters. The van der Waals surface area contributed by atoms with Gasteiger partial charge in [0, 0.05) is 18.2 Å². The number of rotatable bonds is 4. The van der Waals surface area contributed by atoms with Gasteiger partial charge in [-0.3, -0.25) is 9.59 Å². The van der Waals surface area contributed by atoms with Crippen LogP contribution in [0.15, 0.2) is 41.4 Å². The van der Waals surface area contributed by atoms with E-state index in [1.165, 1.54) is 29.2 Å². The monoisotopic (exact) mass is 402 g/mol. The van der Waals surface area contributed by atoms with Gasteiger partial charge < -0.3 is 14.7 Å². The summed E-state index contributed by atoms with van der Waals surface area (Å²) in [6.07, 6.45) is 2.30. The zero-order valence-electron chi connectivity index (χ0n) is 17.2. The van der Waals surface area contributed by atoms with Crippen molar-refractivity contribution in [1.82, 2.24) is 20.4 Å². The summed E-state index contributed by atoms with van der Waals surface area (Å²) in [4.78, 5) is 30.9. The minimum absolute atomic E-state index is 0.111. The van der Waals surface area contributed by atoms with Gasteiger partial charge >= 0.3 is 0 Å². The van der Waals surface area contributed by atoms with Crippen LogP contribution in [0.2, 0.25) is 0 Å². The number of carbonyl (C=O) groups excluding carboxylic acids is 2. The standard InChI is InChI=1S/C18H21FN4O3.C3H6/c1-10(2)8-14-16(24)20-11(3)9-23(14)18(25)15-21-17(26-22-15)12-4-6-13(19)7-5-12;1-3-2/h4-7,10-11,14H,8-9H2,1-3H3,(H,20,24);3H,1H2,2H3. The number of halogens is 1. The third kappa shape index (κ3) is 5.73. The van der Waals surface area contributed by atoms with Crippen LogP contribution in [0, 0.1) is 11.7 Å². The third-order valence-corrected chi connectivity index (χ3v) is 4.20. The Kier molecular flexibility index (Phi) is 7.64. The molecule has 2 unspecified atom stereocenters. The second kappa shape index (κ2) is 9.95. The summed E-state index contributed by atoms with van der Waals surface area (Å²) in [7, 11) is 0. The van der Waals surface area contributed by atoms with Crippen molar-refractivity contribution in [3.63, 3.8) is 0 Å². The summed E-state index contributed by atoms with van der Waals surface area (Å²) < 4.78 is 18.2. The molecule has 1 aliphatic heterocycles. The molecule has 2 heterocycles. The van der Waals surface area contributed by atoms with E-state index in [0.717, 1.165) is 0 Å². The third-order valence-electron chi connectivity index (χ3n) is 4.20. The van der Waals surface area contributed by atoms with Crippen LogP contribution < -0.4 is 5.32 Å². The second-order valence-corrected chi connectivity index (χ2v) is 7.35. The molecule has 0 saturated carbocycles. The molecule has 7 nitrogen and oxygen atoms in total. The van der Waals surface area contributed by atoms with E-state index in [1.54, 1.807) is 6.08 Å². The van der Waals surface area contributed by atoms with Crippen molar-refractivity contribution in [2.75, 3.05) is 6.54 Å². The number of nitrogens with one attached hydrogen (secondary N) is 1. The van der Waals surface area contributed by atoms with Crippen LogP contribution in [-0.2, 0) is 4.79 Å². The number of piperazine rings is 1. The first-order chi connectivity index (χ1) is 13.8. The van der Waals surface area contributed by atoms with Gasteiger partial charge in [-0.25, -0.2) is 4.39 Å².